The Morgan fingerprint density at radius 2 is 1.96 bits per heavy atom. The standard InChI is InChI=1S/C18H16FN3OS/c1-12-4-3-5-14(10-12)21-17(23)16-11-20-18(24-2)22(16)15-8-6-13(19)7-9-15/h3-11H,1-2H3,(H,21,23). The molecule has 0 aliphatic rings. The average molecular weight is 341 g/mol. The molecule has 0 unspecified atom stereocenters. The molecule has 0 fully saturated rings. The van der Waals surface area contributed by atoms with Crippen LogP contribution in [0.4, 0.5) is 10.1 Å². The fourth-order valence-electron chi connectivity index (χ4n) is 2.40. The predicted octanol–water partition coefficient (Wildman–Crippen LogP) is 4.29. The molecule has 0 spiro atoms. The fraction of sp³-hybridized carbons (Fsp3) is 0.111. The summed E-state index contributed by atoms with van der Waals surface area (Å²) in [7, 11) is 0. The van der Waals surface area contributed by atoms with Crippen molar-refractivity contribution < 1.29 is 9.18 Å². The molecule has 0 bridgehead atoms. The fourth-order valence-corrected chi connectivity index (χ4v) is 2.94. The van der Waals surface area contributed by atoms with E-state index in [1.165, 1.54) is 30.1 Å². The number of nitrogens with zero attached hydrogens (tertiary/aromatic N) is 2. The lowest BCUT2D eigenvalue weighted by Crippen LogP contribution is -2.16. The Labute approximate surface area is 143 Å². The van der Waals surface area contributed by atoms with Crippen LogP contribution in [-0.2, 0) is 0 Å². The Bertz CT molecular complexity index is 874. The lowest BCUT2D eigenvalue weighted by Gasteiger charge is -2.11. The number of thioether (sulfide) groups is 1. The van der Waals surface area contributed by atoms with E-state index in [1.807, 2.05) is 37.4 Å². The number of nitrogens with one attached hydrogen (secondary N) is 1. The van der Waals surface area contributed by atoms with Gasteiger partial charge in [-0.15, -0.1) is 0 Å². The molecule has 6 heteroatoms. The summed E-state index contributed by atoms with van der Waals surface area (Å²) in [5.41, 5.74) is 2.86. The molecule has 4 nitrogen and oxygen atoms in total. The van der Waals surface area contributed by atoms with Crippen LogP contribution in [0.5, 0.6) is 0 Å². The molecule has 0 radical (unpaired) electrons. The zero-order valence-corrected chi connectivity index (χ0v) is 14.1. The summed E-state index contributed by atoms with van der Waals surface area (Å²) in [5, 5.41) is 3.54. The Morgan fingerprint density at radius 1 is 1.21 bits per heavy atom. The Hall–Kier alpha value is -2.60. The summed E-state index contributed by atoms with van der Waals surface area (Å²) in [6.45, 7) is 1.96. The van der Waals surface area contributed by atoms with Crippen LogP contribution in [-0.4, -0.2) is 21.7 Å². The highest BCUT2D eigenvalue weighted by Crippen LogP contribution is 2.23. The van der Waals surface area contributed by atoms with Crippen LogP contribution < -0.4 is 5.32 Å². The molecule has 1 amide bonds. The van der Waals surface area contributed by atoms with Gasteiger partial charge < -0.3 is 5.32 Å². The maximum absolute atomic E-state index is 13.2. The van der Waals surface area contributed by atoms with E-state index in [0.29, 0.717) is 16.5 Å². The van der Waals surface area contributed by atoms with Crippen molar-refractivity contribution in [2.24, 2.45) is 0 Å². The highest BCUT2D eigenvalue weighted by Gasteiger charge is 2.18. The number of benzene rings is 2. The summed E-state index contributed by atoms with van der Waals surface area (Å²) >= 11 is 1.42. The number of imidazole rings is 1. The number of carbonyl (C=O) groups excluding carboxylic acids is 1. The molecule has 1 N–H and O–H groups in total. The number of amides is 1. The zero-order chi connectivity index (χ0) is 17.1. The van der Waals surface area contributed by atoms with Gasteiger partial charge in [0.15, 0.2) is 5.16 Å². The molecule has 3 rings (SSSR count). The van der Waals surface area contributed by atoms with Gasteiger partial charge in [0.25, 0.3) is 5.91 Å². The quantitative estimate of drug-likeness (QED) is 0.720. The summed E-state index contributed by atoms with van der Waals surface area (Å²) < 4.78 is 14.9. The van der Waals surface area contributed by atoms with Crippen molar-refractivity contribution in [3.8, 4) is 5.69 Å². The third-order valence-corrected chi connectivity index (χ3v) is 4.16. The van der Waals surface area contributed by atoms with E-state index in [4.69, 9.17) is 0 Å². The van der Waals surface area contributed by atoms with Gasteiger partial charge in [-0.2, -0.15) is 0 Å². The van der Waals surface area contributed by atoms with Gasteiger partial charge in [0, 0.05) is 11.4 Å². The molecule has 24 heavy (non-hydrogen) atoms. The van der Waals surface area contributed by atoms with Crippen LogP contribution in [0.15, 0.2) is 59.9 Å². The molecule has 0 aliphatic carbocycles. The second-order valence-electron chi connectivity index (χ2n) is 5.27. The summed E-state index contributed by atoms with van der Waals surface area (Å²) in [5.74, 6) is -0.590. The van der Waals surface area contributed by atoms with Crippen LogP contribution in [0.3, 0.4) is 0 Å². The van der Waals surface area contributed by atoms with Gasteiger partial charge in [-0.05, 0) is 55.1 Å². The van der Waals surface area contributed by atoms with Gasteiger partial charge in [-0.1, -0.05) is 23.9 Å². The number of anilines is 1. The number of carbonyl (C=O) groups is 1. The maximum Gasteiger partial charge on any atom is 0.274 e. The Kier molecular flexibility index (Phi) is 4.66. The molecule has 1 aromatic heterocycles. The topological polar surface area (TPSA) is 46.9 Å². The molecular formula is C18H16FN3OS. The second-order valence-corrected chi connectivity index (χ2v) is 6.04. The minimum atomic E-state index is -0.324. The number of hydrogen-bond donors (Lipinski definition) is 1. The minimum Gasteiger partial charge on any atom is -0.321 e. The SMILES string of the molecule is CSc1ncc(C(=O)Nc2cccc(C)c2)n1-c1ccc(F)cc1. The molecule has 122 valence electrons. The van der Waals surface area contributed by atoms with Crippen LogP contribution >= 0.6 is 11.8 Å². The molecule has 2 aromatic carbocycles. The third-order valence-electron chi connectivity index (χ3n) is 3.51. The first-order valence-corrected chi connectivity index (χ1v) is 8.56. The average Bonchev–Trinajstić information content (AvgIpc) is 2.99. The summed E-state index contributed by atoms with van der Waals surface area (Å²) in [4.78, 5) is 16.9. The van der Waals surface area contributed by atoms with Crippen molar-refractivity contribution in [2.75, 3.05) is 11.6 Å². The van der Waals surface area contributed by atoms with Crippen molar-refractivity contribution >= 4 is 23.4 Å². The monoisotopic (exact) mass is 341 g/mol. The van der Waals surface area contributed by atoms with Crippen molar-refractivity contribution in [3.63, 3.8) is 0 Å². The second kappa shape index (κ2) is 6.88. The number of rotatable bonds is 4. The van der Waals surface area contributed by atoms with E-state index in [0.717, 1.165) is 11.3 Å². The molecular weight excluding hydrogens is 325 g/mol. The number of halogens is 1. The number of aromatic nitrogens is 2. The lowest BCUT2D eigenvalue weighted by molar-refractivity contribution is 0.102. The van der Waals surface area contributed by atoms with Gasteiger partial charge in [-0.3, -0.25) is 9.36 Å². The highest BCUT2D eigenvalue weighted by atomic mass is 32.2. The largest absolute Gasteiger partial charge is 0.321 e. The van der Waals surface area contributed by atoms with Crippen LogP contribution in [0.1, 0.15) is 16.1 Å². The van der Waals surface area contributed by atoms with E-state index < -0.39 is 0 Å². The zero-order valence-electron chi connectivity index (χ0n) is 13.3. The van der Waals surface area contributed by atoms with Crippen LogP contribution in [0.25, 0.3) is 5.69 Å². The molecule has 3 aromatic rings. The van der Waals surface area contributed by atoms with E-state index in [2.05, 4.69) is 10.3 Å². The molecule has 1 heterocycles. The maximum atomic E-state index is 13.2. The van der Waals surface area contributed by atoms with Gasteiger partial charge in [0.05, 0.1) is 6.20 Å². The van der Waals surface area contributed by atoms with E-state index in [-0.39, 0.29) is 11.7 Å². The van der Waals surface area contributed by atoms with Crippen molar-refractivity contribution in [2.45, 2.75) is 12.1 Å². The smallest absolute Gasteiger partial charge is 0.274 e. The van der Waals surface area contributed by atoms with E-state index >= 15 is 0 Å². The predicted molar refractivity (Wildman–Crippen MR) is 94.4 cm³/mol. The summed E-state index contributed by atoms with van der Waals surface area (Å²) in [6, 6.07) is 13.6. The normalized spacial score (nSPS) is 10.6. The van der Waals surface area contributed by atoms with E-state index in [1.54, 1.807) is 16.7 Å². The van der Waals surface area contributed by atoms with Gasteiger partial charge >= 0.3 is 0 Å². The lowest BCUT2D eigenvalue weighted by atomic mass is 10.2. The van der Waals surface area contributed by atoms with Gasteiger partial charge in [0.1, 0.15) is 11.5 Å². The van der Waals surface area contributed by atoms with Crippen LogP contribution in [0, 0.1) is 12.7 Å². The van der Waals surface area contributed by atoms with Crippen LogP contribution in [0.2, 0.25) is 0 Å². The van der Waals surface area contributed by atoms with Gasteiger partial charge in [-0.25, -0.2) is 9.37 Å². The Morgan fingerprint density at radius 3 is 2.62 bits per heavy atom. The minimum absolute atomic E-state index is 0.266. The summed E-state index contributed by atoms with van der Waals surface area (Å²) in [6.07, 6.45) is 3.41. The third kappa shape index (κ3) is 3.33. The molecule has 0 atom stereocenters. The van der Waals surface area contributed by atoms with Gasteiger partial charge in [0.2, 0.25) is 0 Å². The van der Waals surface area contributed by atoms with Crippen molar-refractivity contribution in [3.05, 3.63) is 71.8 Å². The first-order valence-electron chi connectivity index (χ1n) is 7.34. The van der Waals surface area contributed by atoms with Crippen molar-refractivity contribution in [1.82, 2.24) is 9.55 Å². The van der Waals surface area contributed by atoms with Crippen molar-refractivity contribution in [1.29, 1.82) is 0 Å². The highest BCUT2D eigenvalue weighted by molar-refractivity contribution is 7.98. The Balaban J connectivity index is 1.97. The first kappa shape index (κ1) is 16.3. The molecule has 0 saturated carbocycles. The molecule has 0 saturated heterocycles. The number of hydrogen-bond acceptors (Lipinski definition) is 3. The van der Waals surface area contributed by atoms with E-state index in [9.17, 15) is 9.18 Å². The first-order chi connectivity index (χ1) is 11.6. The number of aryl methyl sites for hydroxylation is 1. The molecule has 0 aliphatic heterocycles.